The zero-order chi connectivity index (χ0) is 10.8. The van der Waals surface area contributed by atoms with E-state index in [1.54, 1.807) is 0 Å². The second-order valence-corrected chi connectivity index (χ2v) is 6.52. The van der Waals surface area contributed by atoms with Gasteiger partial charge in [0.05, 0.1) is 0 Å². The third-order valence-electron chi connectivity index (χ3n) is 3.40. The molecule has 1 nitrogen and oxygen atoms in total. The van der Waals surface area contributed by atoms with Crippen LogP contribution in [0.15, 0.2) is 0 Å². The van der Waals surface area contributed by atoms with Gasteiger partial charge in [0, 0.05) is 18.4 Å². The molecule has 0 radical (unpaired) electrons. The molecule has 0 saturated carbocycles. The summed E-state index contributed by atoms with van der Waals surface area (Å²) in [5.74, 6) is 1.68. The summed E-state index contributed by atoms with van der Waals surface area (Å²) in [4.78, 5) is 2.63. The van der Waals surface area contributed by atoms with Crippen LogP contribution in [0.1, 0.15) is 34.1 Å². The minimum Gasteiger partial charge on any atom is -0.303 e. The van der Waals surface area contributed by atoms with E-state index in [9.17, 15) is 0 Å². The lowest BCUT2D eigenvalue weighted by Crippen LogP contribution is -2.35. The fourth-order valence-corrected chi connectivity index (χ4v) is 3.23. The van der Waals surface area contributed by atoms with E-state index in [0.29, 0.717) is 5.41 Å². The molecule has 14 heavy (non-hydrogen) atoms. The van der Waals surface area contributed by atoms with Crippen LogP contribution in [0.4, 0.5) is 0 Å². The van der Waals surface area contributed by atoms with Crippen molar-refractivity contribution in [2.75, 3.05) is 25.0 Å². The maximum atomic E-state index is 3.65. The second kappa shape index (κ2) is 4.98. The maximum Gasteiger partial charge on any atom is 0.00768 e. The van der Waals surface area contributed by atoms with Crippen molar-refractivity contribution in [2.45, 2.75) is 34.1 Å². The number of hydrogen-bond donors (Lipinski definition) is 0. The summed E-state index contributed by atoms with van der Waals surface area (Å²) in [5.41, 5.74) is 0.426. The number of alkyl halides is 1. The molecule has 0 spiro atoms. The highest BCUT2D eigenvalue weighted by Crippen LogP contribution is 2.29. The Morgan fingerprint density at radius 2 is 2.07 bits per heavy atom. The zero-order valence-electron chi connectivity index (χ0n) is 10.0. The van der Waals surface area contributed by atoms with E-state index in [2.05, 4.69) is 48.5 Å². The second-order valence-electron chi connectivity index (χ2n) is 5.87. The van der Waals surface area contributed by atoms with Crippen molar-refractivity contribution in [3.63, 3.8) is 0 Å². The first kappa shape index (κ1) is 12.5. The van der Waals surface area contributed by atoms with E-state index in [1.165, 1.54) is 26.1 Å². The molecule has 1 saturated heterocycles. The molecule has 0 amide bonds. The predicted octanol–water partition coefficient (Wildman–Crippen LogP) is 3.39. The van der Waals surface area contributed by atoms with E-state index in [4.69, 9.17) is 0 Å². The Morgan fingerprint density at radius 3 is 2.43 bits per heavy atom. The van der Waals surface area contributed by atoms with Crippen LogP contribution in [0.5, 0.6) is 0 Å². The van der Waals surface area contributed by atoms with E-state index in [1.807, 2.05) is 0 Å². The number of halogens is 1. The molecule has 2 heteroatoms. The van der Waals surface area contributed by atoms with E-state index >= 15 is 0 Å². The SMILES string of the molecule is CC1CCN(CC(CBr)C(C)(C)C)C1. The highest BCUT2D eigenvalue weighted by molar-refractivity contribution is 9.09. The normalized spacial score (nSPS) is 26.8. The van der Waals surface area contributed by atoms with Gasteiger partial charge in [0.1, 0.15) is 0 Å². The van der Waals surface area contributed by atoms with Gasteiger partial charge < -0.3 is 4.90 Å². The molecule has 0 bridgehead atoms. The van der Waals surface area contributed by atoms with Crippen molar-refractivity contribution in [3.05, 3.63) is 0 Å². The van der Waals surface area contributed by atoms with Crippen molar-refractivity contribution in [3.8, 4) is 0 Å². The number of hydrogen-bond acceptors (Lipinski definition) is 1. The van der Waals surface area contributed by atoms with Crippen LogP contribution in [0, 0.1) is 17.3 Å². The van der Waals surface area contributed by atoms with Crippen LogP contribution in [-0.2, 0) is 0 Å². The lowest BCUT2D eigenvalue weighted by atomic mass is 9.82. The summed E-state index contributed by atoms with van der Waals surface area (Å²) in [6.07, 6.45) is 1.39. The number of rotatable bonds is 3. The molecule has 2 atom stereocenters. The molecule has 0 aromatic rings. The molecule has 0 aromatic heterocycles. The minimum absolute atomic E-state index is 0.426. The monoisotopic (exact) mass is 261 g/mol. The van der Waals surface area contributed by atoms with Crippen molar-refractivity contribution < 1.29 is 0 Å². The Morgan fingerprint density at radius 1 is 1.43 bits per heavy atom. The summed E-state index contributed by atoms with van der Waals surface area (Å²) in [7, 11) is 0. The first-order valence-corrected chi connectivity index (χ1v) is 6.84. The fourth-order valence-electron chi connectivity index (χ4n) is 2.06. The standard InChI is InChI=1S/C12H24BrN/c1-10-5-6-14(8-10)9-11(7-13)12(2,3)4/h10-11H,5-9H2,1-4H3. The lowest BCUT2D eigenvalue weighted by Gasteiger charge is -2.32. The minimum atomic E-state index is 0.426. The van der Waals surface area contributed by atoms with E-state index in [-0.39, 0.29) is 0 Å². The molecular weight excluding hydrogens is 238 g/mol. The van der Waals surface area contributed by atoms with Gasteiger partial charge in [-0.05, 0) is 30.2 Å². The van der Waals surface area contributed by atoms with Crippen LogP contribution in [-0.4, -0.2) is 29.9 Å². The Hall–Kier alpha value is 0.440. The van der Waals surface area contributed by atoms with E-state index < -0.39 is 0 Å². The van der Waals surface area contributed by atoms with Crippen molar-refractivity contribution in [1.29, 1.82) is 0 Å². The van der Waals surface area contributed by atoms with Gasteiger partial charge in [-0.2, -0.15) is 0 Å². The quantitative estimate of drug-likeness (QED) is 0.705. The van der Waals surface area contributed by atoms with E-state index in [0.717, 1.165) is 17.2 Å². The molecule has 84 valence electrons. The third kappa shape index (κ3) is 3.54. The fraction of sp³-hybridized carbons (Fsp3) is 1.00. The van der Waals surface area contributed by atoms with Crippen molar-refractivity contribution >= 4 is 15.9 Å². The number of nitrogens with zero attached hydrogens (tertiary/aromatic N) is 1. The molecule has 1 heterocycles. The van der Waals surface area contributed by atoms with Gasteiger partial charge in [0.25, 0.3) is 0 Å². The molecule has 0 aliphatic carbocycles. The first-order chi connectivity index (χ1) is 6.43. The third-order valence-corrected chi connectivity index (χ3v) is 4.18. The highest BCUT2D eigenvalue weighted by Gasteiger charge is 2.28. The molecule has 0 aromatic carbocycles. The zero-order valence-corrected chi connectivity index (χ0v) is 11.6. The van der Waals surface area contributed by atoms with Gasteiger partial charge in [-0.3, -0.25) is 0 Å². The van der Waals surface area contributed by atoms with Gasteiger partial charge in [-0.25, -0.2) is 0 Å². The molecule has 0 N–H and O–H groups in total. The topological polar surface area (TPSA) is 3.24 Å². The highest BCUT2D eigenvalue weighted by atomic mass is 79.9. The van der Waals surface area contributed by atoms with Crippen LogP contribution < -0.4 is 0 Å². The Balaban J connectivity index is 2.41. The van der Waals surface area contributed by atoms with Crippen molar-refractivity contribution in [1.82, 2.24) is 4.90 Å². The van der Waals surface area contributed by atoms with Gasteiger partial charge in [-0.1, -0.05) is 43.6 Å². The smallest absolute Gasteiger partial charge is 0.00768 e. The van der Waals surface area contributed by atoms with Gasteiger partial charge in [-0.15, -0.1) is 0 Å². The van der Waals surface area contributed by atoms with Gasteiger partial charge in [0.15, 0.2) is 0 Å². The van der Waals surface area contributed by atoms with Crippen molar-refractivity contribution in [2.24, 2.45) is 17.3 Å². The Labute approximate surface area is 97.4 Å². The summed E-state index contributed by atoms with van der Waals surface area (Å²) in [5, 5.41) is 1.13. The molecular formula is C12H24BrN. The molecule has 1 rings (SSSR count). The van der Waals surface area contributed by atoms with Crippen LogP contribution in [0.25, 0.3) is 0 Å². The summed E-state index contributed by atoms with van der Waals surface area (Å²) in [6, 6.07) is 0. The average molecular weight is 262 g/mol. The first-order valence-electron chi connectivity index (χ1n) is 5.71. The van der Waals surface area contributed by atoms with Crippen LogP contribution in [0.3, 0.4) is 0 Å². The van der Waals surface area contributed by atoms with Gasteiger partial charge >= 0.3 is 0 Å². The van der Waals surface area contributed by atoms with Crippen LogP contribution in [0.2, 0.25) is 0 Å². The molecule has 1 aliphatic heterocycles. The maximum absolute atomic E-state index is 3.65. The molecule has 1 aliphatic rings. The van der Waals surface area contributed by atoms with Crippen LogP contribution >= 0.6 is 15.9 Å². The Kier molecular flexibility index (Phi) is 4.45. The largest absolute Gasteiger partial charge is 0.303 e. The Bertz CT molecular complexity index is 174. The summed E-state index contributed by atoms with van der Waals surface area (Å²) < 4.78 is 0. The average Bonchev–Trinajstić information content (AvgIpc) is 2.45. The summed E-state index contributed by atoms with van der Waals surface area (Å²) in [6.45, 7) is 13.3. The van der Waals surface area contributed by atoms with Gasteiger partial charge in [0.2, 0.25) is 0 Å². The molecule has 2 unspecified atom stereocenters. The summed E-state index contributed by atoms with van der Waals surface area (Å²) >= 11 is 3.65. The molecule has 1 fully saturated rings. The lowest BCUT2D eigenvalue weighted by molar-refractivity contribution is 0.185. The number of likely N-dealkylation sites (tertiary alicyclic amines) is 1. The predicted molar refractivity (Wildman–Crippen MR) is 67.0 cm³/mol.